The van der Waals surface area contributed by atoms with Gasteiger partial charge in [0.05, 0.1) is 6.10 Å². The Hall–Kier alpha value is -1.06. The fourth-order valence-corrected chi connectivity index (χ4v) is 2.36. The highest BCUT2D eigenvalue weighted by Gasteiger charge is 2.16. The second kappa shape index (κ2) is 6.21. The van der Waals surface area contributed by atoms with Crippen molar-refractivity contribution in [2.75, 3.05) is 26.2 Å². The zero-order valence-corrected chi connectivity index (χ0v) is 11.3. The molecule has 0 bridgehead atoms. The zero-order chi connectivity index (χ0) is 13.0. The topological polar surface area (TPSA) is 32.7 Å². The lowest BCUT2D eigenvalue weighted by Gasteiger charge is -2.29. The average molecular weight is 248 g/mol. The zero-order valence-electron chi connectivity index (χ0n) is 11.3. The molecule has 99 valence electrons. The first-order valence-corrected chi connectivity index (χ1v) is 6.67. The number of piperidine rings is 1. The Kier molecular flexibility index (Phi) is 4.61. The van der Waals surface area contributed by atoms with Crippen LogP contribution in [-0.2, 0) is 0 Å². The van der Waals surface area contributed by atoms with Crippen LogP contribution in [-0.4, -0.2) is 42.4 Å². The van der Waals surface area contributed by atoms with Gasteiger partial charge in [-0.25, -0.2) is 0 Å². The van der Waals surface area contributed by atoms with Crippen LogP contribution in [0.1, 0.15) is 24.0 Å². The third-order valence-corrected chi connectivity index (χ3v) is 3.35. The minimum Gasteiger partial charge on any atom is -0.492 e. The van der Waals surface area contributed by atoms with E-state index in [4.69, 9.17) is 4.74 Å². The highest BCUT2D eigenvalue weighted by Crippen LogP contribution is 2.15. The van der Waals surface area contributed by atoms with E-state index < -0.39 is 0 Å². The molecule has 0 unspecified atom stereocenters. The Labute approximate surface area is 109 Å². The van der Waals surface area contributed by atoms with Crippen LogP contribution in [0, 0.1) is 19.9 Å². The van der Waals surface area contributed by atoms with Gasteiger partial charge >= 0.3 is 0 Å². The van der Waals surface area contributed by atoms with E-state index in [1.807, 2.05) is 13.0 Å². The van der Waals surface area contributed by atoms with E-state index in [1.54, 1.807) is 0 Å². The lowest BCUT2D eigenvalue weighted by molar-refractivity contribution is 0.0754. The van der Waals surface area contributed by atoms with E-state index in [0.29, 0.717) is 6.61 Å². The second-order valence-corrected chi connectivity index (χ2v) is 5.13. The summed E-state index contributed by atoms with van der Waals surface area (Å²) in [5, 5.41) is 9.43. The van der Waals surface area contributed by atoms with Crippen LogP contribution in [0.3, 0.4) is 0 Å². The SMILES string of the molecule is Cc1[c]c(OCCN2CCC(O)CC2)cc(C)c1. The van der Waals surface area contributed by atoms with Crippen LogP contribution in [0.2, 0.25) is 0 Å². The largest absolute Gasteiger partial charge is 0.492 e. The predicted molar refractivity (Wildman–Crippen MR) is 71.9 cm³/mol. The van der Waals surface area contributed by atoms with Gasteiger partial charge in [0.1, 0.15) is 12.4 Å². The maximum absolute atomic E-state index is 9.43. The molecule has 1 aliphatic rings. The summed E-state index contributed by atoms with van der Waals surface area (Å²) in [7, 11) is 0. The van der Waals surface area contributed by atoms with Crippen molar-refractivity contribution in [2.45, 2.75) is 32.8 Å². The van der Waals surface area contributed by atoms with Gasteiger partial charge in [-0.3, -0.25) is 4.90 Å². The fourth-order valence-electron chi connectivity index (χ4n) is 2.36. The van der Waals surface area contributed by atoms with Crippen molar-refractivity contribution >= 4 is 0 Å². The van der Waals surface area contributed by atoms with Gasteiger partial charge in [0.25, 0.3) is 0 Å². The number of hydrogen-bond acceptors (Lipinski definition) is 3. The van der Waals surface area contributed by atoms with Gasteiger partial charge in [-0.05, 0) is 43.9 Å². The van der Waals surface area contributed by atoms with Gasteiger partial charge in [-0.15, -0.1) is 0 Å². The lowest BCUT2D eigenvalue weighted by Crippen LogP contribution is -2.38. The number of aliphatic hydroxyl groups is 1. The van der Waals surface area contributed by atoms with Crippen LogP contribution < -0.4 is 4.74 Å². The molecular weight excluding hydrogens is 226 g/mol. The molecule has 1 N–H and O–H groups in total. The molecule has 1 fully saturated rings. The van der Waals surface area contributed by atoms with Gasteiger partial charge in [0.15, 0.2) is 0 Å². The van der Waals surface area contributed by atoms with Crippen LogP contribution >= 0.6 is 0 Å². The number of nitrogens with zero attached hydrogens (tertiary/aromatic N) is 1. The van der Waals surface area contributed by atoms with Crippen LogP contribution in [0.4, 0.5) is 0 Å². The molecule has 1 aromatic carbocycles. The first kappa shape index (κ1) is 13.4. The van der Waals surface area contributed by atoms with Crippen molar-refractivity contribution in [1.29, 1.82) is 0 Å². The molecule has 3 nitrogen and oxygen atoms in total. The minimum absolute atomic E-state index is 0.102. The number of rotatable bonds is 4. The number of ether oxygens (including phenoxy) is 1. The maximum atomic E-state index is 9.43. The predicted octanol–water partition coefficient (Wildman–Crippen LogP) is 1.94. The Bertz CT molecular complexity index is 364. The molecular formula is C15H22NO2. The smallest absolute Gasteiger partial charge is 0.127 e. The summed E-state index contributed by atoms with van der Waals surface area (Å²) in [4.78, 5) is 2.34. The monoisotopic (exact) mass is 248 g/mol. The second-order valence-electron chi connectivity index (χ2n) is 5.13. The summed E-state index contributed by atoms with van der Waals surface area (Å²) < 4.78 is 5.74. The molecule has 1 aromatic rings. The molecule has 3 heteroatoms. The van der Waals surface area contributed by atoms with E-state index in [9.17, 15) is 5.11 Å². The number of hydrogen-bond donors (Lipinski definition) is 1. The van der Waals surface area contributed by atoms with E-state index in [2.05, 4.69) is 24.0 Å². The Morgan fingerprint density at radius 1 is 1.33 bits per heavy atom. The summed E-state index contributed by atoms with van der Waals surface area (Å²) in [6, 6.07) is 7.33. The van der Waals surface area contributed by atoms with Crippen LogP contribution in [0.25, 0.3) is 0 Å². The van der Waals surface area contributed by atoms with Crippen molar-refractivity contribution in [1.82, 2.24) is 4.90 Å². The molecule has 0 atom stereocenters. The Balaban J connectivity index is 1.74. The average Bonchev–Trinajstić information content (AvgIpc) is 2.30. The van der Waals surface area contributed by atoms with E-state index in [0.717, 1.165) is 43.8 Å². The molecule has 0 spiro atoms. The van der Waals surface area contributed by atoms with Crippen LogP contribution in [0.5, 0.6) is 5.75 Å². The first-order chi connectivity index (χ1) is 8.63. The Morgan fingerprint density at radius 3 is 2.72 bits per heavy atom. The molecule has 1 saturated heterocycles. The normalized spacial score (nSPS) is 17.9. The fraction of sp³-hybridized carbons (Fsp3) is 0.600. The van der Waals surface area contributed by atoms with E-state index >= 15 is 0 Å². The quantitative estimate of drug-likeness (QED) is 0.884. The highest BCUT2D eigenvalue weighted by molar-refractivity contribution is 5.31. The molecule has 18 heavy (non-hydrogen) atoms. The summed E-state index contributed by atoms with van der Waals surface area (Å²) in [5.74, 6) is 0.838. The number of aryl methyl sites for hydroxylation is 2. The molecule has 1 heterocycles. The van der Waals surface area contributed by atoms with Gasteiger partial charge in [0.2, 0.25) is 0 Å². The molecule has 0 saturated carbocycles. The first-order valence-electron chi connectivity index (χ1n) is 6.67. The summed E-state index contributed by atoms with van der Waals surface area (Å²) in [6.45, 7) is 7.66. The number of benzene rings is 1. The summed E-state index contributed by atoms with van der Waals surface area (Å²) >= 11 is 0. The lowest BCUT2D eigenvalue weighted by atomic mass is 10.1. The molecule has 0 aromatic heterocycles. The van der Waals surface area contributed by atoms with Gasteiger partial charge < -0.3 is 9.84 Å². The molecule has 2 rings (SSSR count). The summed E-state index contributed by atoms with van der Waals surface area (Å²) in [6.07, 6.45) is 1.67. The van der Waals surface area contributed by atoms with Gasteiger partial charge in [-0.2, -0.15) is 0 Å². The van der Waals surface area contributed by atoms with Gasteiger partial charge in [-0.1, -0.05) is 6.07 Å². The minimum atomic E-state index is -0.102. The van der Waals surface area contributed by atoms with Gasteiger partial charge in [0, 0.05) is 25.7 Å². The van der Waals surface area contributed by atoms with Crippen molar-refractivity contribution in [3.05, 3.63) is 29.3 Å². The number of aliphatic hydroxyl groups excluding tert-OH is 1. The van der Waals surface area contributed by atoms with Crippen molar-refractivity contribution in [2.24, 2.45) is 0 Å². The Morgan fingerprint density at radius 2 is 2.06 bits per heavy atom. The molecule has 1 radical (unpaired) electrons. The molecule has 0 aliphatic carbocycles. The highest BCUT2D eigenvalue weighted by atomic mass is 16.5. The molecule has 0 amide bonds. The van der Waals surface area contributed by atoms with E-state index in [-0.39, 0.29) is 6.10 Å². The van der Waals surface area contributed by atoms with Crippen molar-refractivity contribution in [3.8, 4) is 5.75 Å². The maximum Gasteiger partial charge on any atom is 0.127 e. The van der Waals surface area contributed by atoms with E-state index in [1.165, 1.54) is 5.56 Å². The third-order valence-electron chi connectivity index (χ3n) is 3.35. The third kappa shape index (κ3) is 4.00. The standard InChI is InChI=1S/C15H22NO2/c1-12-9-13(2)11-15(10-12)18-8-7-16-5-3-14(17)4-6-16/h9-10,14,17H,3-8H2,1-2H3. The summed E-state index contributed by atoms with van der Waals surface area (Å²) in [5.41, 5.74) is 2.33. The van der Waals surface area contributed by atoms with Crippen molar-refractivity contribution in [3.63, 3.8) is 0 Å². The van der Waals surface area contributed by atoms with Crippen LogP contribution in [0.15, 0.2) is 12.1 Å². The molecule has 1 aliphatic heterocycles. The van der Waals surface area contributed by atoms with Crippen molar-refractivity contribution < 1.29 is 9.84 Å². The number of likely N-dealkylation sites (tertiary alicyclic amines) is 1.